The van der Waals surface area contributed by atoms with Gasteiger partial charge in [-0.2, -0.15) is 0 Å². The molecule has 1 fully saturated rings. The van der Waals surface area contributed by atoms with E-state index >= 15 is 0 Å². The number of nitrogens with zero attached hydrogens (tertiary/aromatic N) is 1. The van der Waals surface area contributed by atoms with Gasteiger partial charge in [0.2, 0.25) is 0 Å². The Balaban J connectivity index is 0.00000324. The van der Waals surface area contributed by atoms with Gasteiger partial charge in [-0.1, -0.05) is 48.0 Å². The van der Waals surface area contributed by atoms with Gasteiger partial charge in [0.1, 0.15) is 5.82 Å². The van der Waals surface area contributed by atoms with Gasteiger partial charge in [0.15, 0.2) is 0 Å². The van der Waals surface area contributed by atoms with Crippen LogP contribution in [0.4, 0.5) is 10.1 Å². The number of rotatable bonds is 7. The monoisotopic (exact) mass is 491 g/mol. The molecule has 1 saturated heterocycles. The number of carbonyl (C=O) groups is 2. The number of amides is 1. The van der Waals surface area contributed by atoms with E-state index in [9.17, 15) is 19.1 Å². The molecule has 8 nitrogen and oxygen atoms in total. The number of carboxylic acids is 1. The van der Waals surface area contributed by atoms with Crippen LogP contribution in [0.1, 0.15) is 37.5 Å². The standard InChI is InChI=1S/C24H25ClFN3O4.H2O/c1-14(21(30)31)24(9-8-15-6-4-5-7-17(15)24)28-27-20-10-16(19(26)11-18(20)25)12-29-22(32)23(2,3)13-33-29;/h4-11,14,27-28H,12-13H2,1-3H3,(H,30,31);1H2. The lowest BCUT2D eigenvalue weighted by Crippen LogP contribution is -2.50. The number of halogens is 2. The number of hydrazine groups is 1. The molecule has 2 aromatic carbocycles. The highest BCUT2D eigenvalue weighted by Crippen LogP contribution is 2.40. The average molecular weight is 492 g/mol. The second-order valence-electron chi connectivity index (χ2n) is 9.02. The number of fused-ring (bicyclic) bond motifs is 1. The highest BCUT2D eigenvalue weighted by atomic mass is 35.5. The third-order valence-corrected chi connectivity index (χ3v) is 6.54. The Labute approximate surface area is 201 Å². The Hall–Kier alpha value is -2.98. The molecule has 0 bridgehead atoms. The largest absolute Gasteiger partial charge is 0.481 e. The number of carbonyl (C=O) groups excluding carboxylic acids is 1. The zero-order valence-electron chi connectivity index (χ0n) is 19.0. The third kappa shape index (κ3) is 4.39. The Kier molecular flexibility index (Phi) is 7.05. The summed E-state index contributed by atoms with van der Waals surface area (Å²) in [5.41, 5.74) is 6.61. The van der Waals surface area contributed by atoms with E-state index in [4.69, 9.17) is 16.4 Å². The summed E-state index contributed by atoms with van der Waals surface area (Å²) in [7, 11) is 0. The molecular weight excluding hydrogens is 465 g/mol. The maximum atomic E-state index is 14.6. The zero-order valence-corrected chi connectivity index (χ0v) is 19.7. The summed E-state index contributed by atoms with van der Waals surface area (Å²) in [6.45, 7) is 5.27. The highest BCUT2D eigenvalue weighted by molar-refractivity contribution is 6.33. The first-order valence-corrected chi connectivity index (χ1v) is 10.9. The lowest BCUT2D eigenvalue weighted by atomic mass is 9.81. The first-order valence-electron chi connectivity index (χ1n) is 10.5. The van der Waals surface area contributed by atoms with Gasteiger partial charge >= 0.3 is 5.97 Å². The van der Waals surface area contributed by atoms with Crippen molar-refractivity contribution in [2.45, 2.75) is 32.9 Å². The van der Waals surface area contributed by atoms with E-state index in [0.29, 0.717) is 5.69 Å². The predicted octanol–water partition coefficient (Wildman–Crippen LogP) is 3.51. The molecule has 34 heavy (non-hydrogen) atoms. The molecule has 1 amide bonds. The molecule has 4 rings (SSSR count). The molecule has 0 saturated carbocycles. The van der Waals surface area contributed by atoms with E-state index in [1.807, 2.05) is 30.3 Å². The normalized spacial score (nSPS) is 21.2. The van der Waals surface area contributed by atoms with Gasteiger partial charge in [0.05, 0.1) is 40.7 Å². The predicted molar refractivity (Wildman–Crippen MR) is 126 cm³/mol. The first-order chi connectivity index (χ1) is 15.5. The summed E-state index contributed by atoms with van der Waals surface area (Å²) in [6.07, 6.45) is 3.65. The van der Waals surface area contributed by atoms with Crippen LogP contribution < -0.4 is 10.9 Å². The molecule has 0 aromatic heterocycles. The van der Waals surface area contributed by atoms with E-state index in [2.05, 4.69) is 10.9 Å². The Morgan fingerprint density at radius 1 is 1.32 bits per heavy atom. The summed E-state index contributed by atoms with van der Waals surface area (Å²) < 4.78 is 14.6. The van der Waals surface area contributed by atoms with Crippen LogP contribution in [0.15, 0.2) is 42.5 Å². The second kappa shape index (κ2) is 9.34. The first kappa shape index (κ1) is 25.6. The minimum Gasteiger partial charge on any atom is -0.481 e. The summed E-state index contributed by atoms with van der Waals surface area (Å²) in [4.78, 5) is 29.8. The van der Waals surface area contributed by atoms with Crippen molar-refractivity contribution < 1.29 is 29.4 Å². The lowest BCUT2D eigenvalue weighted by molar-refractivity contribution is -0.165. The maximum Gasteiger partial charge on any atom is 0.308 e. The average Bonchev–Trinajstić information content (AvgIpc) is 3.27. The van der Waals surface area contributed by atoms with Crippen LogP contribution in [0.25, 0.3) is 6.08 Å². The van der Waals surface area contributed by atoms with Crippen molar-refractivity contribution >= 4 is 35.2 Å². The number of carboxylic acid groups (broad SMARTS) is 1. The molecule has 182 valence electrons. The molecule has 0 radical (unpaired) electrons. The molecule has 1 aliphatic carbocycles. The van der Waals surface area contributed by atoms with Crippen LogP contribution in [-0.4, -0.2) is 34.1 Å². The van der Waals surface area contributed by atoms with Crippen LogP contribution >= 0.6 is 11.6 Å². The quantitative estimate of drug-likeness (QED) is 0.509. The Morgan fingerprint density at radius 2 is 2.03 bits per heavy atom. The molecule has 2 aromatic rings. The van der Waals surface area contributed by atoms with Crippen LogP contribution in [0.5, 0.6) is 0 Å². The van der Waals surface area contributed by atoms with Gasteiger partial charge < -0.3 is 16.0 Å². The number of hydrogen-bond acceptors (Lipinski definition) is 5. The van der Waals surface area contributed by atoms with Crippen molar-refractivity contribution in [1.29, 1.82) is 0 Å². The molecule has 0 spiro atoms. The van der Waals surface area contributed by atoms with Crippen molar-refractivity contribution in [2.75, 3.05) is 12.0 Å². The van der Waals surface area contributed by atoms with Gasteiger partial charge in [0, 0.05) is 5.56 Å². The van der Waals surface area contributed by atoms with Crippen LogP contribution in [0, 0.1) is 17.2 Å². The molecule has 2 aliphatic rings. The van der Waals surface area contributed by atoms with Gasteiger partial charge in [-0.25, -0.2) is 14.9 Å². The van der Waals surface area contributed by atoms with Crippen molar-refractivity contribution in [3.63, 3.8) is 0 Å². The molecule has 2 unspecified atom stereocenters. The molecule has 1 heterocycles. The third-order valence-electron chi connectivity index (χ3n) is 6.23. The van der Waals surface area contributed by atoms with Crippen LogP contribution in [-0.2, 0) is 26.5 Å². The molecule has 10 heteroatoms. The van der Waals surface area contributed by atoms with Crippen LogP contribution in [0.2, 0.25) is 5.02 Å². The van der Waals surface area contributed by atoms with Crippen molar-refractivity contribution in [2.24, 2.45) is 11.3 Å². The van der Waals surface area contributed by atoms with Gasteiger partial charge in [-0.15, -0.1) is 0 Å². The number of benzene rings is 2. The fraction of sp³-hybridized carbons (Fsp3) is 0.333. The minimum absolute atomic E-state index is 0. The van der Waals surface area contributed by atoms with E-state index in [1.54, 1.807) is 26.8 Å². The minimum atomic E-state index is -1.06. The lowest BCUT2D eigenvalue weighted by Gasteiger charge is -2.35. The second-order valence-corrected chi connectivity index (χ2v) is 9.43. The molecular formula is C24H27ClFN3O5. The Bertz CT molecular complexity index is 1160. The zero-order chi connectivity index (χ0) is 24.0. The highest BCUT2D eigenvalue weighted by Gasteiger charge is 2.44. The number of nitrogens with one attached hydrogen (secondary N) is 2. The molecule has 5 N–H and O–H groups in total. The summed E-state index contributed by atoms with van der Waals surface area (Å²) in [5.74, 6) is -2.62. The van der Waals surface area contributed by atoms with Gasteiger partial charge in [-0.3, -0.25) is 14.4 Å². The maximum absolute atomic E-state index is 14.6. The Morgan fingerprint density at radius 3 is 2.68 bits per heavy atom. The van der Waals surface area contributed by atoms with E-state index in [0.717, 1.165) is 22.3 Å². The summed E-state index contributed by atoms with van der Waals surface area (Å²) >= 11 is 6.28. The summed E-state index contributed by atoms with van der Waals surface area (Å²) in [6, 6.07) is 10.1. The summed E-state index contributed by atoms with van der Waals surface area (Å²) in [5, 5.41) is 11.0. The van der Waals surface area contributed by atoms with E-state index in [1.165, 1.54) is 6.07 Å². The van der Waals surface area contributed by atoms with E-state index in [-0.39, 0.29) is 35.1 Å². The van der Waals surface area contributed by atoms with E-state index < -0.39 is 28.7 Å². The SMILES string of the molecule is CC(C(=O)O)C1(NNc2cc(CN3OCC(C)(C)C3=O)c(F)cc2Cl)C=Cc2ccccc21.O. The van der Waals surface area contributed by atoms with Crippen molar-refractivity contribution in [3.05, 3.63) is 70.0 Å². The number of aliphatic carboxylic acids is 1. The van der Waals surface area contributed by atoms with Gasteiger partial charge in [0.25, 0.3) is 5.91 Å². The fourth-order valence-corrected chi connectivity index (χ4v) is 4.27. The topological polar surface area (TPSA) is 122 Å². The number of anilines is 1. The fourth-order valence-electron chi connectivity index (χ4n) is 4.07. The smallest absolute Gasteiger partial charge is 0.308 e. The number of hydroxylamine groups is 2. The van der Waals surface area contributed by atoms with Crippen LogP contribution in [0.3, 0.4) is 0 Å². The number of hydrogen-bond donors (Lipinski definition) is 3. The van der Waals surface area contributed by atoms with Crippen molar-refractivity contribution in [1.82, 2.24) is 10.5 Å². The molecule has 1 aliphatic heterocycles. The van der Waals surface area contributed by atoms with Crippen molar-refractivity contribution in [3.8, 4) is 0 Å². The molecule has 2 atom stereocenters. The van der Waals surface area contributed by atoms with Gasteiger partial charge in [-0.05, 0) is 44.0 Å².